The number of benzene rings is 2. The van der Waals surface area contributed by atoms with Gasteiger partial charge in [-0.3, -0.25) is 14.5 Å². The Labute approximate surface area is 159 Å². The second kappa shape index (κ2) is 7.18. The van der Waals surface area contributed by atoms with Crippen molar-refractivity contribution in [2.24, 2.45) is 5.11 Å². The topological polar surface area (TPSA) is 85.1 Å². The van der Waals surface area contributed by atoms with Gasteiger partial charge >= 0.3 is 11.8 Å². The third-order valence-corrected chi connectivity index (χ3v) is 4.57. The second-order valence-corrected chi connectivity index (χ2v) is 6.41. The Bertz CT molecular complexity index is 961. The molecule has 1 N–H and O–H groups in total. The summed E-state index contributed by atoms with van der Waals surface area (Å²) in [6.07, 6.45) is -0.750. The van der Waals surface area contributed by atoms with Gasteiger partial charge in [-0.25, -0.2) is 9.18 Å². The van der Waals surface area contributed by atoms with Crippen molar-refractivity contribution in [3.8, 4) is 0 Å². The SMILES string of the molecule is O=C(C[N+]1=NC2N(CCN2c2ccc(F)cc2)C(=O)C1=O)Nc1ccccc1. The highest BCUT2D eigenvalue weighted by molar-refractivity contribution is 6.32. The Hall–Kier alpha value is -3.62. The number of nitrogens with zero attached hydrogens (tertiary/aromatic N) is 4. The summed E-state index contributed by atoms with van der Waals surface area (Å²) in [7, 11) is 0. The van der Waals surface area contributed by atoms with Crippen molar-refractivity contribution in [2.45, 2.75) is 6.29 Å². The smallest absolute Gasteiger partial charge is 0.326 e. The number of hydrogen-bond donors (Lipinski definition) is 1. The quantitative estimate of drug-likeness (QED) is 0.640. The standard InChI is InChI=1S/C19H16FN5O3/c20-13-6-8-15(9-7-13)23-10-11-24-17(27)18(28)25(22-19(23)24)12-16(26)21-14-4-2-1-3-5-14/h1-9,19H,10-12H2/p+1. The van der Waals surface area contributed by atoms with E-state index in [1.165, 1.54) is 17.0 Å². The Kier molecular flexibility index (Phi) is 4.56. The first-order valence-corrected chi connectivity index (χ1v) is 8.73. The summed E-state index contributed by atoms with van der Waals surface area (Å²) in [4.78, 5) is 40.2. The number of carbonyl (C=O) groups is 3. The summed E-state index contributed by atoms with van der Waals surface area (Å²) in [5.41, 5.74) is 1.26. The van der Waals surface area contributed by atoms with Crippen LogP contribution < -0.4 is 10.2 Å². The number of nitrogens with one attached hydrogen (secondary N) is 1. The van der Waals surface area contributed by atoms with Crippen LogP contribution in [0.2, 0.25) is 0 Å². The minimum Gasteiger partial charge on any atom is -0.326 e. The molecule has 2 aromatic carbocycles. The lowest BCUT2D eigenvalue weighted by molar-refractivity contribution is -0.509. The first kappa shape index (κ1) is 17.8. The molecule has 0 saturated carbocycles. The van der Waals surface area contributed by atoms with Gasteiger partial charge in [-0.2, -0.15) is 0 Å². The van der Waals surface area contributed by atoms with Crippen molar-refractivity contribution in [1.29, 1.82) is 0 Å². The highest BCUT2D eigenvalue weighted by atomic mass is 19.1. The number of carbonyl (C=O) groups excluding carboxylic acids is 3. The molecule has 1 fully saturated rings. The summed E-state index contributed by atoms with van der Waals surface area (Å²) >= 11 is 0. The average molecular weight is 382 g/mol. The molecule has 0 spiro atoms. The largest absolute Gasteiger partial charge is 0.502 e. The number of hydrogen-bond acceptors (Lipinski definition) is 5. The van der Waals surface area contributed by atoms with Gasteiger partial charge in [0.25, 0.3) is 18.7 Å². The van der Waals surface area contributed by atoms with Gasteiger partial charge in [-0.05, 0) is 41.1 Å². The van der Waals surface area contributed by atoms with Crippen molar-refractivity contribution in [3.63, 3.8) is 0 Å². The lowest BCUT2D eigenvalue weighted by atomic mass is 10.3. The average Bonchev–Trinajstić information content (AvgIpc) is 3.11. The van der Waals surface area contributed by atoms with E-state index in [9.17, 15) is 18.8 Å². The van der Waals surface area contributed by atoms with Gasteiger partial charge in [0, 0.05) is 29.6 Å². The molecule has 142 valence electrons. The van der Waals surface area contributed by atoms with E-state index >= 15 is 0 Å². The molecule has 1 unspecified atom stereocenters. The van der Waals surface area contributed by atoms with Gasteiger partial charge in [-0.15, -0.1) is 0 Å². The molecular formula is C19H17FN5O3+. The van der Waals surface area contributed by atoms with E-state index < -0.39 is 24.0 Å². The van der Waals surface area contributed by atoms with E-state index in [1.54, 1.807) is 41.3 Å². The van der Waals surface area contributed by atoms with Crippen LogP contribution in [-0.4, -0.2) is 53.2 Å². The zero-order chi connectivity index (χ0) is 19.7. The fourth-order valence-electron chi connectivity index (χ4n) is 3.22. The molecule has 1 saturated heterocycles. The fraction of sp³-hybridized carbons (Fsp3) is 0.211. The number of azo groups is 2. The van der Waals surface area contributed by atoms with Crippen molar-refractivity contribution >= 4 is 29.1 Å². The molecule has 2 heterocycles. The summed E-state index contributed by atoms with van der Waals surface area (Å²) in [5, 5.41) is 6.96. The first-order valence-electron chi connectivity index (χ1n) is 8.73. The maximum Gasteiger partial charge on any atom is 0.502 e. The van der Waals surface area contributed by atoms with Crippen LogP contribution in [0.5, 0.6) is 0 Å². The van der Waals surface area contributed by atoms with Crippen molar-refractivity contribution in [3.05, 3.63) is 60.4 Å². The molecule has 8 nitrogen and oxygen atoms in total. The van der Waals surface area contributed by atoms with Gasteiger partial charge in [-0.1, -0.05) is 18.2 Å². The number of halogens is 1. The Morgan fingerprint density at radius 2 is 1.75 bits per heavy atom. The van der Waals surface area contributed by atoms with Gasteiger partial charge in [0.1, 0.15) is 5.82 Å². The van der Waals surface area contributed by atoms with E-state index in [1.807, 2.05) is 6.07 Å². The molecule has 0 aromatic heterocycles. The lowest BCUT2D eigenvalue weighted by Gasteiger charge is -2.26. The Morgan fingerprint density at radius 1 is 1.07 bits per heavy atom. The van der Waals surface area contributed by atoms with E-state index in [4.69, 9.17) is 0 Å². The summed E-state index contributed by atoms with van der Waals surface area (Å²) in [6.45, 7) is 0.393. The van der Waals surface area contributed by atoms with Crippen LogP contribution in [0.4, 0.5) is 15.8 Å². The van der Waals surface area contributed by atoms with Crippen LogP contribution in [0.25, 0.3) is 0 Å². The van der Waals surface area contributed by atoms with Crippen LogP contribution in [0.3, 0.4) is 0 Å². The molecule has 0 radical (unpaired) electrons. The van der Waals surface area contributed by atoms with Crippen molar-refractivity contribution < 1.29 is 23.5 Å². The first-order chi connectivity index (χ1) is 13.5. The molecule has 9 heteroatoms. The molecular weight excluding hydrogens is 365 g/mol. The van der Waals surface area contributed by atoms with Crippen molar-refractivity contribution in [1.82, 2.24) is 4.90 Å². The molecule has 2 aliphatic rings. The van der Waals surface area contributed by atoms with Crippen LogP contribution in [-0.2, 0) is 14.4 Å². The Balaban J connectivity index is 1.56. The number of para-hydroxylation sites is 1. The second-order valence-electron chi connectivity index (χ2n) is 6.41. The number of fused-ring (bicyclic) bond motifs is 1. The zero-order valence-corrected chi connectivity index (χ0v) is 14.8. The highest BCUT2D eigenvalue weighted by Gasteiger charge is 2.49. The predicted molar refractivity (Wildman–Crippen MR) is 96.9 cm³/mol. The lowest BCUT2D eigenvalue weighted by Crippen LogP contribution is -2.52. The van der Waals surface area contributed by atoms with E-state index in [0.29, 0.717) is 24.5 Å². The maximum atomic E-state index is 13.2. The fourth-order valence-corrected chi connectivity index (χ4v) is 3.22. The molecule has 4 rings (SSSR count). The van der Waals surface area contributed by atoms with Crippen LogP contribution in [0, 0.1) is 5.82 Å². The number of amides is 3. The molecule has 28 heavy (non-hydrogen) atoms. The molecule has 0 aliphatic carbocycles. The minimum atomic E-state index is -0.847. The highest BCUT2D eigenvalue weighted by Crippen LogP contribution is 2.27. The molecule has 0 bridgehead atoms. The summed E-state index contributed by atoms with van der Waals surface area (Å²) in [6, 6.07) is 14.6. The maximum absolute atomic E-state index is 13.2. The van der Waals surface area contributed by atoms with Gasteiger partial charge in [0.2, 0.25) is 0 Å². The Morgan fingerprint density at radius 3 is 2.46 bits per heavy atom. The van der Waals surface area contributed by atoms with Crippen LogP contribution >= 0.6 is 0 Å². The summed E-state index contributed by atoms with van der Waals surface area (Å²) in [5.74, 6) is -2.39. The number of anilines is 2. The van der Waals surface area contributed by atoms with E-state index in [2.05, 4.69) is 10.4 Å². The molecule has 2 aliphatic heterocycles. The van der Waals surface area contributed by atoms with E-state index in [0.717, 1.165) is 4.70 Å². The van der Waals surface area contributed by atoms with E-state index in [-0.39, 0.29) is 12.4 Å². The van der Waals surface area contributed by atoms with Gasteiger partial charge < -0.3 is 10.2 Å². The molecule has 1 atom stereocenters. The van der Waals surface area contributed by atoms with Crippen molar-refractivity contribution in [2.75, 3.05) is 29.9 Å². The predicted octanol–water partition coefficient (Wildman–Crippen LogP) is 1.40. The third kappa shape index (κ3) is 3.34. The minimum absolute atomic E-state index is 0.320. The molecule has 2 aromatic rings. The summed E-state index contributed by atoms with van der Waals surface area (Å²) < 4.78 is 14.1. The van der Waals surface area contributed by atoms with Crippen LogP contribution in [0.15, 0.2) is 59.7 Å². The van der Waals surface area contributed by atoms with Gasteiger partial charge in [0.05, 0.1) is 0 Å². The number of rotatable bonds is 4. The molecule has 3 amide bonds. The zero-order valence-electron chi connectivity index (χ0n) is 14.8. The third-order valence-electron chi connectivity index (χ3n) is 4.57. The normalized spacial score (nSPS) is 18.8. The van der Waals surface area contributed by atoms with Gasteiger partial charge in [0.15, 0.2) is 0 Å². The monoisotopic (exact) mass is 382 g/mol. The van der Waals surface area contributed by atoms with Crippen LogP contribution in [0.1, 0.15) is 0 Å².